The molecule has 9 nitrogen and oxygen atoms in total. The molecule has 0 N–H and O–H groups in total. The number of fused-ring (bicyclic) bond motifs is 1. The van der Waals surface area contributed by atoms with Crippen LogP contribution in [0, 0.1) is 6.92 Å². The second-order valence-electron chi connectivity index (χ2n) is 4.65. The van der Waals surface area contributed by atoms with Crippen molar-refractivity contribution in [2.75, 3.05) is 27.4 Å². The molecule has 0 unspecified atom stereocenters. The summed E-state index contributed by atoms with van der Waals surface area (Å²) in [5, 5.41) is 0.231. The summed E-state index contributed by atoms with van der Waals surface area (Å²) in [6.45, 7) is 1.80. The Labute approximate surface area is 166 Å². The Kier molecular flexibility index (Phi) is 7.72. The maximum Gasteiger partial charge on any atom is 1.00 e. The van der Waals surface area contributed by atoms with Crippen LogP contribution in [0.15, 0.2) is 16.5 Å². The van der Waals surface area contributed by atoms with Crippen molar-refractivity contribution >= 4 is 27.3 Å². The minimum absolute atomic E-state index is 0. The number of hydrogen-bond donors (Lipinski definition) is 0. The minimum Gasteiger partial charge on any atom is -0.716 e. The number of methoxy groups -OCH3 is 2. The molecule has 2 aromatic rings. The molecule has 0 aliphatic heterocycles. The van der Waals surface area contributed by atoms with Gasteiger partial charge >= 0.3 is 35.5 Å². The zero-order valence-corrected chi connectivity index (χ0v) is 17.0. The van der Waals surface area contributed by atoms with Gasteiger partial charge in [0.2, 0.25) is 0 Å². The Hall–Kier alpha value is -1.30. The van der Waals surface area contributed by atoms with E-state index in [2.05, 4.69) is 4.18 Å². The minimum atomic E-state index is -5.02. The Morgan fingerprint density at radius 3 is 2.44 bits per heavy atom. The molecule has 11 heteroatoms. The molecule has 1 heterocycles. The molecule has 1 aromatic carbocycles. The molecular weight excluding hydrogens is 367 g/mol. The molecule has 0 saturated carbocycles. The molecule has 0 aliphatic carbocycles. The van der Waals surface area contributed by atoms with Gasteiger partial charge in [-0.1, -0.05) is 0 Å². The van der Waals surface area contributed by atoms with Crippen molar-refractivity contribution < 1.29 is 70.1 Å². The molecule has 0 atom stereocenters. The van der Waals surface area contributed by atoms with Crippen LogP contribution in [0.4, 0.5) is 0 Å². The molecule has 0 spiro atoms. The summed E-state index contributed by atoms with van der Waals surface area (Å²) in [7, 11) is -2.29. The topological polar surface area (TPSA) is 124 Å². The van der Waals surface area contributed by atoms with Crippen molar-refractivity contribution in [2.45, 2.75) is 6.92 Å². The third-order valence-electron chi connectivity index (χ3n) is 3.07. The largest absolute Gasteiger partial charge is 1.00 e. The maximum absolute atomic E-state index is 12.2. The number of rotatable bonds is 7. The first-order valence-corrected chi connectivity index (χ1v) is 8.02. The zero-order valence-electron chi connectivity index (χ0n) is 14.2. The van der Waals surface area contributed by atoms with E-state index in [1.165, 1.54) is 26.4 Å². The van der Waals surface area contributed by atoms with Crippen molar-refractivity contribution in [3.8, 4) is 11.5 Å². The summed E-state index contributed by atoms with van der Waals surface area (Å²) in [4.78, 5) is 12.2. The fraction of sp³-hybridized carbons (Fsp3) is 0.357. The van der Waals surface area contributed by atoms with Crippen molar-refractivity contribution in [3.63, 3.8) is 0 Å². The molecule has 0 fully saturated rings. The van der Waals surface area contributed by atoms with Gasteiger partial charge in [0.05, 0.1) is 13.7 Å². The van der Waals surface area contributed by atoms with Crippen LogP contribution >= 0.6 is 0 Å². The SMILES string of the molecule is COCCOC(=O)c1c(C)oc2cc(OC)c(OS(=O)(=O)[O-])cc12.[Na+]. The smallest absolute Gasteiger partial charge is 0.716 e. The van der Waals surface area contributed by atoms with Crippen LogP contribution in [-0.2, 0) is 19.9 Å². The van der Waals surface area contributed by atoms with Gasteiger partial charge in [0, 0.05) is 18.6 Å². The molecule has 25 heavy (non-hydrogen) atoms. The summed E-state index contributed by atoms with van der Waals surface area (Å²) in [5.74, 6) is -0.803. The molecule has 1 aromatic heterocycles. The van der Waals surface area contributed by atoms with Gasteiger partial charge in [-0.3, -0.25) is 0 Å². The van der Waals surface area contributed by atoms with E-state index in [0.717, 1.165) is 0 Å². The number of carbonyl (C=O) groups is 1. The van der Waals surface area contributed by atoms with E-state index < -0.39 is 16.4 Å². The van der Waals surface area contributed by atoms with Crippen LogP contribution in [0.1, 0.15) is 16.1 Å². The van der Waals surface area contributed by atoms with E-state index >= 15 is 0 Å². The first kappa shape index (κ1) is 21.7. The van der Waals surface area contributed by atoms with Crippen molar-refractivity contribution in [2.24, 2.45) is 0 Å². The molecule has 0 saturated heterocycles. The Bertz CT molecular complexity index is 857. The fourth-order valence-electron chi connectivity index (χ4n) is 2.10. The molecule has 0 amide bonds. The zero-order chi connectivity index (χ0) is 17.9. The predicted octanol–water partition coefficient (Wildman–Crippen LogP) is -1.60. The molecule has 2 rings (SSSR count). The van der Waals surface area contributed by atoms with E-state index in [4.69, 9.17) is 18.6 Å². The van der Waals surface area contributed by atoms with Crippen LogP contribution < -0.4 is 38.5 Å². The molecule has 0 radical (unpaired) electrons. The summed E-state index contributed by atoms with van der Waals surface area (Å²) in [6, 6.07) is 2.49. The van der Waals surface area contributed by atoms with E-state index in [1.54, 1.807) is 6.92 Å². The summed E-state index contributed by atoms with van der Waals surface area (Å²) >= 11 is 0. The van der Waals surface area contributed by atoms with Crippen molar-refractivity contribution in [3.05, 3.63) is 23.5 Å². The van der Waals surface area contributed by atoms with Gasteiger partial charge < -0.3 is 27.4 Å². The third kappa shape index (κ3) is 5.33. The monoisotopic (exact) mass is 382 g/mol. The molecular formula is C14H15NaO9S. The number of hydrogen-bond acceptors (Lipinski definition) is 9. The van der Waals surface area contributed by atoms with Crippen LogP contribution in [0.25, 0.3) is 11.0 Å². The Morgan fingerprint density at radius 2 is 1.88 bits per heavy atom. The number of ether oxygens (including phenoxy) is 3. The van der Waals surface area contributed by atoms with Gasteiger partial charge in [0.1, 0.15) is 23.5 Å². The number of carbonyl (C=O) groups excluding carboxylic acids is 1. The van der Waals surface area contributed by atoms with Crippen LogP contribution in [0.3, 0.4) is 0 Å². The number of esters is 1. The number of benzene rings is 1. The van der Waals surface area contributed by atoms with Gasteiger partial charge in [-0.2, -0.15) is 0 Å². The average Bonchev–Trinajstić information content (AvgIpc) is 2.80. The molecule has 0 bridgehead atoms. The second-order valence-corrected chi connectivity index (χ2v) is 5.64. The van der Waals surface area contributed by atoms with Crippen molar-refractivity contribution in [1.82, 2.24) is 0 Å². The van der Waals surface area contributed by atoms with Gasteiger partial charge in [-0.25, -0.2) is 13.2 Å². The van der Waals surface area contributed by atoms with E-state index in [-0.39, 0.29) is 76.6 Å². The second kappa shape index (κ2) is 8.88. The summed E-state index contributed by atoms with van der Waals surface area (Å²) in [6.07, 6.45) is 0. The molecule has 132 valence electrons. The Balaban J connectivity index is 0.00000312. The van der Waals surface area contributed by atoms with Gasteiger partial charge in [-0.05, 0) is 13.0 Å². The number of furan rings is 1. The van der Waals surface area contributed by atoms with E-state index in [9.17, 15) is 17.8 Å². The maximum atomic E-state index is 12.2. The van der Waals surface area contributed by atoms with Gasteiger partial charge in [0.25, 0.3) is 10.4 Å². The normalized spacial score (nSPS) is 11.0. The number of aryl methyl sites for hydroxylation is 1. The first-order chi connectivity index (χ1) is 11.3. The van der Waals surface area contributed by atoms with Crippen molar-refractivity contribution in [1.29, 1.82) is 0 Å². The van der Waals surface area contributed by atoms with E-state index in [0.29, 0.717) is 0 Å². The fourth-order valence-corrected chi connectivity index (χ4v) is 2.46. The molecule has 0 aliphatic rings. The van der Waals surface area contributed by atoms with Gasteiger partial charge in [-0.15, -0.1) is 0 Å². The van der Waals surface area contributed by atoms with E-state index in [1.807, 2.05) is 0 Å². The summed E-state index contributed by atoms with van der Waals surface area (Å²) < 4.78 is 57.1. The van der Waals surface area contributed by atoms with Crippen LogP contribution in [0.2, 0.25) is 0 Å². The van der Waals surface area contributed by atoms with Gasteiger partial charge in [0.15, 0.2) is 11.5 Å². The average molecular weight is 382 g/mol. The predicted molar refractivity (Wildman–Crippen MR) is 80.0 cm³/mol. The standard InChI is InChI=1S/C14H16O9S.Na/c1-8-13(14(15)21-5-4-19-2)9-6-12(23-24(16,17)18)11(20-3)7-10(9)22-8;/h6-7H,4-5H2,1-3H3,(H,16,17,18);/q;+1/p-1. The third-order valence-corrected chi connectivity index (χ3v) is 3.45. The van der Waals surface area contributed by atoms with Crippen LogP contribution in [0.5, 0.6) is 11.5 Å². The van der Waals surface area contributed by atoms with Crippen LogP contribution in [-0.4, -0.2) is 46.4 Å². The summed E-state index contributed by atoms with van der Waals surface area (Å²) in [5.41, 5.74) is 0.343. The quantitative estimate of drug-likeness (QED) is 0.183. The Morgan fingerprint density at radius 1 is 1.20 bits per heavy atom. The first-order valence-electron chi connectivity index (χ1n) is 6.69.